The molecule has 1 amide bonds. The van der Waals surface area contributed by atoms with Gasteiger partial charge < -0.3 is 10.2 Å². The van der Waals surface area contributed by atoms with Gasteiger partial charge in [-0.25, -0.2) is 4.98 Å². The van der Waals surface area contributed by atoms with E-state index < -0.39 is 28.0 Å². The van der Waals surface area contributed by atoms with Gasteiger partial charge in [-0.15, -0.1) is 11.3 Å². The zero-order valence-corrected chi connectivity index (χ0v) is 24.9. The molecule has 228 valence electrons. The van der Waals surface area contributed by atoms with Gasteiger partial charge in [-0.2, -0.15) is 29.0 Å². The van der Waals surface area contributed by atoms with Crippen molar-refractivity contribution in [1.29, 1.82) is 5.26 Å². The second-order valence-electron chi connectivity index (χ2n) is 11.6. The van der Waals surface area contributed by atoms with Crippen LogP contribution >= 0.6 is 21.9 Å². The van der Waals surface area contributed by atoms with E-state index in [9.17, 15) is 32.3 Å². The normalized spacial score (nSPS) is 23.7. The third kappa shape index (κ3) is 6.38. The molecule has 2 saturated carbocycles. The lowest BCUT2D eigenvalue weighted by Gasteiger charge is -2.41. The number of thiazole rings is 1. The van der Waals surface area contributed by atoms with E-state index in [1.165, 1.54) is 23.6 Å². The summed E-state index contributed by atoms with van der Waals surface area (Å²) in [4.78, 5) is 25.0. The predicted octanol–water partition coefficient (Wildman–Crippen LogP) is 6.91. The van der Waals surface area contributed by atoms with Crippen molar-refractivity contribution in [3.63, 3.8) is 0 Å². The standard InChI is InChI=1S/C30H32F3N5O3S2/c31-30(32,33)24-10-7-20(17-35-24)28-36-25(22-3-1-2-4-23(22)27(39)37-29(18-34)11-12-29)26(42-28)19-5-8-21(9-6-19)38-13-15-43(40,41)16-14-38/h5-10,17,22-23,40-41H,1-4,11-16H2,(H,37,39)/t22-,23-/m1/s1. The van der Waals surface area contributed by atoms with Crippen LogP contribution in [0.3, 0.4) is 0 Å². The quantitative estimate of drug-likeness (QED) is 0.270. The number of carbonyl (C=O) groups excluding carboxylic acids is 1. The number of nitrogens with one attached hydrogen (secondary N) is 1. The van der Waals surface area contributed by atoms with E-state index >= 15 is 0 Å². The molecular weight excluding hydrogens is 599 g/mol. The van der Waals surface area contributed by atoms with Crippen LogP contribution in [-0.2, 0) is 11.0 Å². The van der Waals surface area contributed by atoms with E-state index in [-0.39, 0.29) is 17.7 Å². The molecule has 8 nitrogen and oxygen atoms in total. The van der Waals surface area contributed by atoms with Gasteiger partial charge in [0, 0.05) is 42.4 Å². The summed E-state index contributed by atoms with van der Waals surface area (Å²) in [6.45, 7) is 1.09. The van der Waals surface area contributed by atoms with Gasteiger partial charge in [0.25, 0.3) is 0 Å². The van der Waals surface area contributed by atoms with Crippen LogP contribution in [0.25, 0.3) is 21.0 Å². The molecule has 1 saturated heterocycles. The maximum Gasteiger partial charge on any atom is 0.433 e. The van der Waals surface area contributed by atoms with Gasteiger partial charge in [-0.05, 0) is 55.5 Å². The Hall–Kier alpha value is -3.18. The monoisotopic (exact) mass is 631 g/mol. The van der Waals surface area contributed by atoms with Crippen LogP contribution in [0, 0.1) is 17.2 Å². The van der Waals surface area contributed by atoms with Crippen molar-refractivity contribution in [2.24, 2.45) is 5.92 Å². The zero-order valence-electron chi connectivity index (χ0n) is 23.3. The average Bonchev–Trinajstić information content (AvgIpc) is 3.63. The van der Waals surface area contributed by atoms with E-state index in [2.05, 4.69) is 21.3 Å². The molecule has 3 N–H and O–H groups in total. The highest BCUT2D eigenvalue weighted by atomic mass is 32.3. The van der Waals surface area contributed by atoms with Crippen molar-refractivity contribution in [2.45, 2.75) is 56.2 Å². The summed E-state index contributed by atoms with van der Waals surface area (Å²) >= 11 is 1.36. The number of aromatic nitrogens is 2. The number of nitrogens with zero attached hydrogens (tertiary/aromatic N) is 4. The van der Waals surface area contributed by atoms with Crippen LogP contribution in [0.5, 0.6) is 0 Å². The third-order valence-electron chi connectivity index (χ3n) is 8.61. The maximum atomic E-state index is 13.5. The Balaban J connectivity index is 1.35. The van der Waals surface area contributed by atoms with Gasteiger partial charge in [-0.1, -0.05) is 25.0 Å². The molecule has 3 aromatic rings. The highest BCUT2D eigenvalue weighted by Crippen LogP contribution is 2.47. The van der Waals surface area contributed by atoms with Crippen LogP contribution in [0.15, 0.2) is 42.6 Å². The van der Waals surface area contributed by atoms with E-state index in [1.54, 1.807) is 0 Å². The zero-order chi connectivity index (χ0) is 30.4. The number of hydrogen-bond donors (Lipinski definition) is 3. The Kier molecular flexibility index (Phi) is 7.91. The number of halogens is 3. The van der Waals surface area contributed by atoms with Crippen LogP contribution in [-0.4, -0.2) is 55.1 Å². The molecule has 2 aliphatic carbocycles. The number of benzene rings is 1. The van der Waals surface area contributed by atoms with Gasteiger partial charge in [-0.3, -0.25) is 18.9 Å². The number of pyridine rings is 1. The average molecular weight is 632 g/mol. The molecular formula is C30H32F3N5O3S2. The number of amides is 1. The molecule has 43 heavy (non-hydrogen) atoms. The first kappa shape index (κ1) is 29.9. The number of carbonyl (C=O) groups is 1. The fourth-order valence-electron chi connectivity index (χ4n) is 5.90. The van der Waals surface area contributed by atoms with E-state index in [0.717, 1.165) is 47.2 Å². The minimum absolute atomic E-state index is 0.146. The fraction of sp³-hybridized carbons (Fsp3) is 0.467. The van der Waals surface area contributed by atoms with Crippen molar-refractivity contribution in [3.8, 4) is 27.1 Å². The SMILES string of the molecule is N#CC1(NC(=O)[C@@H]2CCCC[C@H]2c2nc(-c3ccc(C(F)(F)F)nc3)sc2-c2ccc(N3CCS(O)(O)CC3)cc2)CC1. The van der Waals surface area contributed by atoms with E-state index in [0.29, 0.717) is 54.4 Å². The van der Waals surface area contributed by atoms with Crippen LogP contribution in [0.2, 0.25) is 0 Å². The predicted molar refractivity (Wildman–Crippen MR) is 161 cm³/mol. The van der Waals surface area contributed by atoms with Gasteiger partial charge in [0.2, 0.25) is 5.91 Å². The summed E-state index contributed by atoms with van der Waals surface area (Å²) < 4.78 is 59.5. The molecule has 6 rings (SSSR count). The van der Waals surface area contributed by atoms with Crippen molar-refractivity contribution >= 4 is 33.5 Å². The molecule has 0 radical (unpaired) electrons. The molecule has 2 atom stereocenters. The molecule has 3 aliphatic rings. The Labute approximate surface area is 253 Å². The number of hydrogen-bond acceptors (Lipinski definition) is 8. The lowest BCUT2D eigenvalue weighted by molar-refractivity contribution is -0.141. The molecule has 2 aromatic heterocycles. The summed E-state index contributed by atoms with van der Waals surface area (Å²) in [5, 5.41) is 13.0. The highest BCUT2D eigenvalue weighted by molar-refractivity contribution is 8.24. The Morgan fingerprint density at radius 3 is 2.35 bits per heavy atom. The van der Waals surface area contributed by atoms with Gasteiger partial charge in [0.15, 0.2) is 0 Å². The van der Waals surface area contributed by atoms with E-state index in [1.807, 2.05) is 24.3 Å². The van der Waals surface area contributed by atoms with Crippen LogP contribution in [0.4, 0.5) is 18.9 Å². The second-order valence-corrected chi connectivity index (χ2v) is 15.0. The van der Waals surface area contributed by atoms with Crippen LogP contribution < -0.4 is 10.2 Å². The summed E-state index contributed by atoms with van der Waals surface area (Å²) in [6.07, 6.45) is 1.13. The van der Waals surface area contributed by atoms with Crippen molar-refractivity contribution in [3.05, 3.63) is 54.0 Å². The Morgan fingerprint density at radius 2 is 1.74 bits per heavy atom. The second kappa shape index (κ2) is 11.4. The van der Waals surface area contributed by atoms with Gasteiger partial charge >= 0.3 is 6.18 Å². The Bertz CT molecular complexity index is 1520. The number of rotatable bonds is 6. The first-order valence-corrected chi connectivity index (χ1v) is 17.0. The van der Waals surface area contributed by atoms with Crippen molar-refractivity contribution in [2.75, 3.05) is 29.5 Å². The third-order valence-corrected chi connectivity index (χ3v) is 11.4. The molecule has 1 aromatic carbocycles. The summed E-state index contributed by atoms with van der Waals surface area (Å²) in [5.41, 5.74) is 1.28. The largest absolute Gasteiger partial charge is 0.433 e. The maximum absolute atomic E-state index is 13.5. The molecule has 0 unspecified atom stereocenters. The summed E-state index contributed by atoms with van der Waals surface area (Å²) in [7, 11) is -2.52. The smallest absolute Gasteiger partial charge is 0.368 e. The highest BCUT2D eigenvalue weighted by Gasteiger charge is 2.47. The molecule has 0 spiro atoms. The lowest BCUT2D eigenvalue weighted by Crippen LogP contribution is -2.42. The summed E-state index contributed by atoms with van der Waals surface area (Å²) in [6, 6.07) is 12.5. The van der Waals surface area contributed by atoms with Crippen molar-refractivity contribution in [1.82, 2.24) is 15.3 Å². The van der Waals surface area contributed by atoms with E-state index in [4.69, 9.17) is 4.98 Å². The fourth-order valence-corrected chi connectivity index (χ4v) is 8.26. The van der Waals surface area contributed by atoms with Crippen LogP contribution in [0.1, 0.15) is 55.8 Å². The molecule has 0 bridgehead atoms. The topological polar surface area (TPSA) is 122 Å². The molecule has 1 aliphatic heterocycles. The minimum Gasteiger partial charge on any atom is -0.368 e. The lowest BCUT2D eigenvalue weighted by atomic mass is 9.76. The first-order chi connectivity index (χ1) is 20.5. The summed E-state index contributed by atoms with van der Waals surface area (Å²) in [5.74, 6) is -0.0664. The number of nitriles is 1. The van der Waals surface area contributed by atoms with Gasteiger partial charge in [0.1, 0.15) is 16.2 Å². The minimum atomic E-state index is -4.55. The first-order valence-electron chi connectivity index (χ1n) is 14.3. The Morgan fingerprint density at radius 1 is 1.07 bits per heavy atom. The number of anilines is 1. The molecule has 3 fully saturated rings. The van der Waals surface area contributed by atoms with Crippen molar-refractivity contribution < 1.29 is 27.1 Å². The molecule has 3 heterocycles. The van der Waals surface area contributed by atoms with Gasteiger partial charge in [0.05, 0.1) is 28.1 Å². The number of alkyl halides is 3. The molecule has 13 heteroatoms.